The molecule has 0 radical (unpaired) electrons. The number of carbonyl (C=O) groups is 2. The second kappa shape index (κ2) is 12.5. The van der Waals surface area contributed by atoms with Gasteiger partial charge in [0.05, 0.1) is 34.7 Å². The van der Waals surface area contributed by atoms with E-state index in [1.54, 1.807) is 44.5 Å². The van der Waals surface area contributed by atoms with E-state index in [-0.39, 0.29) is 17.3 Å². The molecule has 3 aromatic heterocycles. The van der Waals surface area contributed by atoms with Crippen LogP contribution in [0, 0.1) is 17.5 Å². The number of pyridine rings is 1. The van der Waals surface area contributed by atoms with Gasteiger partial charge in [0.25, 0.3) is 11.5 Å². The standard InChI is InChI=1S/C33H31F3N8O4/c1-33(2,3)48-32(47)39-18-12-15-43(17-18)28-24(8-9-25-26(28)41-29(42(25)4)19-10-13-37-16-23(19)36)40-30(45)20-11-14-38-44(31(20)46)27-21(34)6-5-7-22(27)35/h5-11,13-14,16,18H,12,15,17H2,1-4H3,(H,39,47)(H,40,45)/t18-/m0/s1. The number of halogens is 3. The number of fused-ring (bicyclic) bond motifs is 1. The number of benzene rings is 2. The van der Waals surface area contributed by atoms with Crippen molar-refractivity contribution in [3.05, 3.63) is 94.4 Å². The molecule has 248 valence electrons. The molecule has 0 spiro atoms. The van der Waals surface area contributed by atoms with E-state index in [1.165, 1.54) is 12.3 Å². The van der Waals surface area contributed by atoms with Crippen molar-refractivity contribution in [3.63, 3.8) is 0 Å². The fourth-order valence-corrected chi connectivity index (χ4v) is 5.64. The van der Waals surface area contributed by atoms with Crippen LogP contribution in [0.5, 0.6) is 0 Å². The van der Waals surface area contributed by atoms with Gasteiger partial charge in [0.1, 0.15) is 28.2 Å². The fourth-order valence-electron chi connectivity index (χ4n) is 5.64. The first-order valence-electron chi connectivity index (χ1n) is 15.0. The van der Waals surface area contributed by atoms with Crippen LogP contribution in [0.3, 0.4) is 0 Å². The number of hydrogen-bond donors (Lipinski definition) is 2. The molecule has 5 aromatic rings. The Hall–Kier alpha value is -5.73. The summed E-state index contributed by atoms with van der Waals surface area (Å²) in [5.74, 6) is -3.20. The molecule has 1 aliphatic heterocycles. The van der Waals surface area contributed by atoms with E-state index < -0.39 is 51.9 Å². The zero-order valence-electron chi connectivity index (χ0n) is 26.4. The predicted octanol–water partition coefficient (Wildman–Crippen LogP) is 4.95. The summed E-state index contributed by atoms with van der Waals surface area (Å²) in [6, 6.07) is 8.73. The lowest BCUT2D eigenvalue weighted by Crippen LogP contribution is -2.40. The maximum atomic E-state index is 14.8. The Kier molecular flexibility index (Phi) is 8.37. The molecule has 1 fully saturated rings. The number of para-hydroxylation sites is 1. The van der Waals surface area contributed by atoms with Crippen LogP contribution in [0.2, 0.25) is 0 Å². The third-order valence-electron chi connectivity index (χ3n) is 7.75. The summed E-state index contributed by atoms with van der Waals surface area (Å²) in [4.78, 5) is 50.0. The smallest absolute Gasteiger partial charge is 0.407 e. The van der Waals surface area contributed by atoms with Crippen molar-refractivity contribution in [2.75, 3.05) is 23.3 Å². The van der Waals surface area contributed by atoms with Gasteiger partial charge in [-0.15, -0.1) is 0 Å². The first-order chi connectivity index (χ1) is 22.8. The Morgan fingerprint density at radius 1 is 0.979 bits per heavy atom. The van der Waals surface area contributed by atoms with E-state index >= 15 is 0 Å². The van der Waals surface area contributed by atoms with Crippen molar-refractivity contribution in [1.82, 2.24) is 29.6 Å². The van der Waals surface area contributed by atoms with E-state index in [0.29, 0.717) is 46.7 Å². The molecule has 0 bridgehead atoms. The number of anilines is 2. The minimum absolute atomic E-state index is 0.212. The second-order valence-corrected chi connectivity index (χ2v) is 12.2. The lowest BCUT2D eigenvalue weighted by Gasteiger charge is -2.24. The highest BCUT2D eigenvalue weighted by Gasteiger charge is 2.31. The molecule has 15 heteroatoms. The minimum Gasteiger partial charge on any atom is -0.444 e. The van der Waals surface area contributed by atoms with Crippen molar-refractivity contribution >= 4 is 34.4 Å². The first kappa shape index (κ1) is 32.2. The zero-order valence-corrected chi connectivity index (χ0v) is 26.4. The highest BCUT2D eigenvalue weighted by Crippen LogP contribution is 2.38. The molecule has 1 aliphatic rings. The van der Waals surface area contributed by atoms with Gasteiger partial charge in [0.2, 0.25) is 0 Å². The molecule has 6 rings (SSSR count). The van der Waals surface area contributed by atoms with Crippen LogP contribution < -0.4 is 21.1 Å². The van der Waals surface area contributed by atoms with Crippen molar-refractivity contribution < 1.29 is 27.5 Å². The molecule has 1 saturated heterocycles. The van der Waals surface area contributed by atoms with Crippen molar-refractivity contribution in [2.45, 2.75) is 38.8 Å². The van der Waals surface area contributed by atoms with Gasteiger partial charge in [-0.05, 0) is 63.6 Å². The van der Waals surface area contributed by atoms with E-state index in [2.05, 4.69) is 20.7 Å². The van der Waals surface area contributed by atoms with E-state index in [9.17, 15) is 27.6 Å². The largest absolute Gasteiger partial charge is 0.444 e. The Labute approximate surface area is 272 Å². The number of hydrogen-bond acceptors (Lipinski definition) is 8. The molecule has 2 amide bonds. The van der Waals surface area contributed by atoms with E-state index in [0.717, 1.165) is 36.7 Å². The van der Waals surface area contributed by atoms with Gasteiger partial charge in [-0.3, -0.25) is 14.6 Å². The number of nitrogens with zero attached hydrogens (tertiary/aromatic N) is 6. The SMILES string of the molecule is Cn1c(-c2ccncc2F)nc2c(N3CC[C@H](NC(=O)OC(C)(C)C)C3)c(NC(=O)c3ccnn(-c4c(F)cccc4F)c3=O)ccc21. The number of ether oxygens (including phenoxy) is 1. The van der Waals surface area contributed by atoms with Crippen LogP contribution in [0.1, 0.15) is 37.6 Å². The summed E-state index contributed by atoms with van der Waals surface area (Å²) in [5.41, 5.74) is -0.929. The Morgan fingerprint density at radius 2 is 1.73 bits per heavy atom. The topological polar surface area (TPSA) is 136 Å². The summed E-state index contributed by atoms with van der Waals surface area (Å²) >= 11 is 0. The quantitative estimate of drug-likeness (QED) is 0.261. The Bertz CT molecular complexity index is 2100. The predicted molar refractivity (Wildman–Crippen MR) is 172 cm³/mol. The number of aryl methyl sites for hydroxylation is 1. The molecule has 12 nitrogen and oxygen atoms in total. The van der Waals surface area contributed by atoms with Crippen LogP contribution in [-0.4, -0.2) is 61.0 Å². The molecule has 4 heterocycles. The van der Waals surface area contributed by atoms with E-state index in [4.69, 9.17) is 9.72 Å². The van der Waals surface area contributed by atoms with Crippen molar-refractivity contribution in [1.29, 1.82) is 0 Å². The first-order valence-corrected chi connectivity index (χ1v) is 15.0. The van der Waals surface area contributed by atoms with Crippen molar-refractivity contribution in [3.8, 4) is 17.1 Å². The summed E-state index contributed by atoms with van der Waals surface area (Å²) in [7, 11) is 1.73. The number of carbonyl (C=O) groups excluding carboxylic acids is 2. The normalized spacial score (nSPS) is 14.7. The van der Waals surface area contributed by atoms with Crippen LogP contribution in [-0.2, 0) is 11.8 Å². The van der Waals surface area contributed by atoms with Gasteiger partial charge in [-0.2, -0.15) is 9.78 Å². The molecule has 48 heavy (non-hydrogen) atoms. The van der Waals surface area contributed by atoms with Gasteiger partial charge >= 0.3 is 6.09 Å². The molecule has 0 saturated carbocycles. The van der Waals surface area contributed by atoms with Crippen LogP contribution in [0.25, 0.3) is 28.1 Å². The minimum atomic E-state index is -1.04. The summed E-state index contributed by atoms with van der Waals surface area (Å²) in [5, 5.41) is 9.42. The van der Waals surface area contributed by atoms with Crippen molar-refractivity contribution in [2.24, 2.45) is 7.05 Å². The highest BCUT2D eigenvalue weighted by atomic mass is 19.1. The second-order valence-electron chi connectivity index (χ2n) is 12.2. The molecule has 1 atom stereocenters. The monoisotopic (exact) mass is 660 g/mol. The summed E-state index contributed by atoms with van der Waals surface area (Å²) in [6.07, 6.45) is 3.59. The fraction of sp³-hybridized carbons (Fsp3) is 0.273. The average Bonchev–Trinajstić information content (AvgIpc) is 3.60. The molecule has 2 aromatic carbocycles. The molecule has 0 unspecified atom stereocenters. The van der Waals surface area contributed by atoms with Gasteiger partial charge in [-0.1, -0.05) is 6.07 Å². The number of nitrogens with one attached hydrogen (secondary N) is 2. The van der Waals surface area contributed by atoms with Crippen LogP contribution in [0.15, 0.2) is 65.8 Å². The zero-order chi connectivity index (χ0) is 34.3. The lowest BCUT2D eigenvalue weighted by molar-refractivity contribution is 0.0509. The third-order valence-corrected chi connectivity index (χ3v) is 7.75. The van der Waals surface area contributed by atoms with Crippen LogP contribution >= 0.6 is 0 Å². The number of imidazole rings is 1. The van der Waals surface area contributed by atoms with Gasteiger partial charge < -0.3 is 24.8 Å². The number of amides is 2. The van der Waals surface area contributed by atoms with Gasteiger partial charge in [-0.25, -0.2) is 22.9 Å². The van der Waals surface area contributed by atoms with E-state index in [1.807, 2.05) is 4.90 Å². The van der Waals surface area contributed by atoms with Gasteiger partial charge in [0.15, 0.2) is 17.5 Å². The van der Waals surface area contributed by atoms with Gasteiger partial charge in [0, 0.05) is 32.5 Å². The van der Waals surface area contributed by atoms with Crippen LogP contribution in [0.4, 0.5) is 29.3 Å². The maximum Gasteiger partial charge on any atom is 0.407 e. The Morgan fingerprint density at radius 3 is 2.44 bits per heavy atom. The molecular formula is C33H31F3N8O4. The number of rotatable bonds is 6. The summed E-state index contributed by atoms with van der Waals surface area (Å²) < 4.78 is 51.5. The molecular weight excluding hydrogens is 629 g/mol. The maximum absolute atomic E-state index is 14.8. The Balaban J connectivity index is 1.41. The highest BCUT2D eigenvalue weighted by molar-refractivity contribution is 6.09. The number of alkyl carbamates (subject to hydrolysis) is 1. The molecule has 2 N–H and O–H groups in total. The average molecular weight is 661 g/mol. The number of aromatic nitrogens is 5. The third kappa shape index (κ3) is 6.18. The summed E-state index contributed by atoms with van der Waals surface area (Å²) in [6.45, 7) is 6.03. The lowest BCUT2D eigenvalue weighted by atomic mass is 10.2. The molecule has 0 aliphatic carbocycles.